The van der Waals surface area contributed by atoms with Crippen LogP contribution in [0, 0.1) is 0 Å². The maximum Gasteiger partial charge on any atom is 0.347 e. The molecule has 1 aromatic heterocycles. The molecule has 1 atom stereocenters. The third-order valence-electron chi connectivity index (χ3n) is 3.49. The summed E-state index contributed by atoms with van der Waals surface area (Å²) in [4.78, 5) is 23.8. The minimum atomic E-state index is -0.855. The average Bonchev–Trinajstić information content (AvgIpc) is 3.04. The van der Waals surface area contributed by atoms with Crippen molar-refractivity contribution >= 4 is 11.9 Å². The summed E-state index contributed by atoms with van der Waals surface area (Å²) in [6.07, 6.45) is 3.71. The molecule has 2 heterocycles. The molecule has 1 aromatic carbocycles. The zero-order chi connectivity index (χ0) is 15.4. The van der Waals surface area contributed by atoms with E-state index in [2.05, 4.69) is 5.10 Å². The van der Waals surface area contributed by atoms with Crippen molar-refractivity contribution in [2.24, 2.45) is 0 Å². The van der Waals surface area contributed by atoms with Crippen molar-refractivity contribution in [1.29, 1.82) is 0 Å². The van der Waals surface area contributed by atoms with Crippen LogP contribution in [0.4, 0.5) is 0 Å². The van der Waals surface area contributed by atoms with Crippen LogP contribution in [0.15, 0.2) is 42.7 Å². The smallest absolute Gasteiger partial charge is 0.347 e. The molecule has 1 aliphatic rings. The number of carbonyl (C=O) groups excluding carboxylic acids is 2. The number of fused-ring (bicyclic) bond motifs is 1. The number of nitrogens with zero attached hydrogens (tertiary/aromatic N) is 2. The van der Waals surface area contributed by atoms with E-state index in [9.17, 15) is 9.59 Å². The van der Waals surface area contributed by atoms with Crippen LogP contribution in [0.1, 0.15) is 22.3 Å². The zero-order valence-corrected chi connectivity index (χ0v) is 12.0. The Morgan fingerprint density at radius 2 is 2.23 bits per heavy atom. The van der Waals surface area contributed by atoms with Gasteiger partial charge in [0.15, 0.2) is 0 Å². The molecular weight excluding hydrogens is 284 g/mol. The van der Waals surface area contributed by atoms with E-state index in [1.54, 1.807) is 23.0 Å². The molecule has 0 N–H and O–H groups in total. The molecule has 0 saturated carbocycles. The predicted molar refractivity (Wildman–Crippen MR) is 77.2 cm³/mol. The second kappa shape index (κ2) is 6.43. The number of aromatic nitrogens is 2. The first kappa shape index (κ1) is 14.3. The Labute approximate surface area is 127 Å². The zero-order valence-electron chi connectivity index (χ0n) is 12.0. The fourth-order valence-corrected chi connectivity index (χ4v) is 2.39. The first-order chi connectivity index (χ1) is 10.7. The molecule has 0 spiro atoms. The number of aryl methyl sites for hydroxylation is 1. The average molecular weight is 300 g/mol. The fraction of sp³-hybridized carbons (Fsp3) is 0.312. The first-order valence-corrected chi connectivity index (χ1v) is 7.17. The van der Waals surface area contributed by atoms with E-state index in [0.717, 1.165) is 5.56 Å². The van der Waals surface area contributed by atoms with Crippen molar-refractivity contribution in [3.63, 3.8) is 0 Å². The lowest BCUT2D eigenvalue weighted by atomic mass is 9.99. The third kappa shape index (κ3) is 3.16. The van der Waals surface area contributed by atoms with E-state index in [4.69, 9.17) is 9.47 Å². The minimum absolute atomic E-state index is 0.272. The number of hydrogen-bond donors (Lipinski definition) is 0. The molecule has 0 saturated heterocycles. The molecule has 3 rings (SSSR count). The number of ether oxygens (including phenoxy) is 2. The summed E-state index contributed by atoms with van der Waals surface area (Å²) in [7, 11) is 0. The van der Waals surface area contributed by atoms with Crippen molar-refractivity contribution in [2.45, 2.75) is 25.5 Å². The van der Waals surface area contributed by atoms with Gasteiger partial charge in [-0.15, -0.1) is 0 Å². The molecule has 114 valence electrons. The van der Waals surface area contributed by atoms with Crippen LogP contribution in [0.5, 0.6) is 0 Å². The topological polar surface area (TPSA) is 70.4 Å². The fourth-order valence-electron chi connectivity index (χ4n) is 2.39. The Balaban J connectivity index is 1.50. The highest BCUT2D eigenvalue weighted by Gasteiger charge is 2.31. The molecule has 22 heavy (non-hydrogen) atoms. The molecule has 0 fully saturated rings. The normalized spacial score (nSPS) is 16.7. The Kier molecular flexibility index (Phi) is 4.18. The number of carbonyl (C=O) groups is 2. The molecular formula is C16H16N2O4. The summed E-state index contributed by atoms with van der Waals surface area (Å²) in [6.45, 7) is 0.946. The maximum atomic E-state index is 12.0. The van der Waals surface area contributed by atoms with Crippen molar-refractivity contribution in [2.75, 3.05) is 6.61 Å². The number of esters is 2. The van der Waals surface area contributed by atoms with E-state index in [1.807, 2.05) is 24.4 Å². The van der Waals surface area contributed by atoms with E-state index < -0.39 is 18.0 Å². The number of benzene rings is 1. The van der Waals surface area contributed by atoms with E-state index in [-0.39, 0.29) is 6.61 Å². The summed E-state index contributed by atoms with van der Waals surface area (Å²) in [5.74, 6) is -0.969. The van der Waals surface area contributed by atoms with Gasteiger partial charge >= 0.3 is 11.9 Å². The molecule has 0 radical (unpaired) electrons. The van der Waals surface area contributed by atoms with Crippen LogP contribution >= 0.6 is 0 Å². The van der Waals surface area contributed by atoms with Gasteiger partial charge in [0.2, 0.25) is 6.10 Å². The van der Waals surface area contributed by atoms with Crippen molar-refractivity contribution < 1.29 is 19.1 Å². The van der Waals surface area contributed by atoms with Gasteiger partial charge in [0.25, 0.3) is 0 Å². The highest BCUT2D eigenvalue weighted by Crippen LogP contribution is 2.21. The molecule has 1 aliphatic heterocycles. The van der Waals surface area contributed by atoms with Crippen molar-refractivity contribution in [3.05, 3.63) is 53.9 Å². The van der Waals surface area contributed by atoms with Gasteiger partial charge in [0, 0.05) is 31.8 Å². The number of hydrogen-bond acceptors (Lipinski definition) is 5. The SMILES string of the molecule is O=C1O[C@H](C(=O)OCCCn2cccn2)Cc2ccccc21. The second-order valence-corrected chi connectivity index (χ2v) is 5.05. The molecule has 6 nitrogen and oxygen atoms in total. The number of rotatable bonds is 5. The lowest BCUT2D eigenvalue weighted by Gasteiger charge is -2.23. The van der Waals surface area contributed by atoms with Crippen LogP contribution < -0.4 is 0 Å². The standard InChI is InChI=1S/C16H16N2O4/c19-15-13-6-2-1-5-12(13)11-14(22-15)16(20)21-10-4-9-18-8-3-7-17-18/h1-3,5-8,14H,4,9-11H2/t14-/m0/s1. The Morgan fingerprint density at radius 3 is 3.05 bits per heavy atom. The Bertz CT molecular complexity index is 667. The Morgan fingerprint density at radius 1 is 1.36 bits per heavy atom. The van der Waals surface area contributed by atoms with Gasteiger partial charge in [-0.2, -0.15) is 5.10 Å². The lowest BCUT2D eigenvalue weighted by molar-refractivity contribution is -0.154. The van der Waals surface area contributed by atoms with Crippen molar-refractivity contribution in [3.8, 4) is 0 Å². The van der Waals surface area contributed by atoms with E-state index >= 15 is 0 Å². The molecule has 6 heteroatoms. The molecule has 0 unspecified atom stereocenters. The first-order valence-electron chi connectivity index (χ1n) is 7.17. The van der Waals surface area contributed by atoms with Gasteiger partial charge in [-0.1, -0.05) is 18.2 Å². The molecule has 0 bridgehead atoms. The van der Waals surface area contributed by atoms with Crippen LogP contribution in [0.3, 0.4) is 0 Å². The monoisotopic (exact) mass is 300 g/mol. The predicted octanol–water partition coefficient (Wildman–Crippen LogP) is 1.60. The van der Waals surface area contributed by atoms with Crippen LogP contribution in [0.2, 0.25) is 0 Å². The van der Waals surface area contributed by atoms with E-state index in [1.165, 1.54) is 0 Å². The molecule has 0 amide bonds. The molecule has 2 aromatic rings. The molecule has 0 aliphatic carbocycles. The maximum absolute atomic E-state index is 12.0. The van der Waals surface area contributed by atoms with Crippen molar-refractivity contribution in [1.82, 2.24) is 9.78 Å². The number of cyclic esters (lactones) is 1. The summed E-state index contributed by atoms with van der Waals surface area (Å²) >= 11 is 0. The van der Waals surface area contributed by atoms with Gasteiger partial charge in [0.1, 0.15) is 0 Å². The second-order valence-electron chi connectivity index (χ2n) is 5.05. The van der Waals surface area contributed by atoms with Crippen LogP contribution in [0.25, 0.3) is 0 Å². The lowest BCUT2D eigenvalue weighted by Crippen LogP contribution is -2.35. The summed E-state index contributed by atoms with van der Waals surface area (Å²) in [5.41, 5.74) is 1.34. The van der Waals surface area contributed by atoms with E-state index in [0.29, 0.717) is 24.9 Å². The quantitative estimate of drug-likeness (QED) is 0.619. The van der Waals surface area contributed by atoms with Gasteiger partial charge in [-0.25, -0.2) is 9.59 Å². The van der Waals surface area contributed by atoms with Crippen LogP contribution in [-0.2, 0) is 27.2 Å². The third-order valence-corrected chi connectivity index (χ3v) is 3.49. The van der Waals surface area contributed by atoms with Gasteiger partial charge in [-0.05, 0) is 17.7 Å². The Hall–Kier alpha value is -2.63. The summed E-state index contributed by atoms with van der Waals surface area (Å²) in [5, 5.41) is 4.06. The summed E-state index contributed by atoms with van der Waals surface area (Å²) in [6, 6.07) is 8.97. The summed E-state index contributed by atoms with van der Waals surface area (Å²) < 4.78 is 12.1. The van der Waals surface area contributed by atoms with Gasteiger partial charge in [-0.3, -0.25) is 4.68 Å². The highest BCUT2D eigenvalue weighted by atomic mass is 16.6. The van der Waals surface area contributed by atoms with Gasteiger partial charge < -0.3 is 9.47 Å². The highest BCUT2D eigenvalue weighted by molar-refractivity contribution is 5.94. The van der Waals surface area contributed by atoms with Gasteiger partial charge in [0.05, 0.1) is 12.2 Å². The van der Waals surface area contributed by atoms with Crippen LogP contribution in [-0.4, -0.2) is 34.4 Å². The minimum Gasteiger partial charge on any atom is -0.463 e. The largest absolute Gasteiger partial charge is 0.463 e.